The zero-order chi connectivity index (χ0) is 13.7. The summed E-state index contributed by atoms with van der Waals surface area (Å²) in [4.78, 5) is 16.3. The predicted molar refractivity (Wildman–Crippen MR) is 74.0 cm³/mol. The Bertz CT molecular complexity index is 852. The number of fused-ring (bicyclic) bond motifs is 2. The van der Waals surface area contributed by atoms with Gasteiger partial charge >= 0.3 is 0 Å². The largest absolute Gasteiger partial charge is 0.397 e. The molecule has 0 bridgehead atoms. The van der Waals surface area contributed by atoms with Crippen LogP contribution in [0.3, 0.4) is 0 Å². The number of aromatic nitrogens is 3. The number of pyridine rings is 1. The molecule has 3 aromatic rings. The first-order chi connectivity index (χ1) is 9.75. The number of carbonyl (C=O) groups excluding carboxylic acids is 1. The zero-order valence-electron chi connectivity index (χ0n) is 10.5. The van der Waals surface area contributed by atoms with Crippen LogP contribution in [-0.2, 0) is 6.54 Å². The van der Waals surface area contributed by atoms with Crippen molar-refractivity contribution in [2.45, 2.75) is 6.54 Å². The van der Waals surface area contributed by atoms with Crippen molar-refractivity contribution in [3.05, 3.63) is 47.9 Å². The van der Waals surface area contributed by atoms with E-state index in [1.165, 1.54) is 0 Å². The van der Waals surface area contributed by atoms with Crippen molar-refractivity contribution in [1.29, 1.82) is 0 Å². The number of hydrogen-bond donors (Lipinski definition) is 2. The Kier molecular flexibility index (Phi) is 2.09. The van der Waals surface area contributed by atoms with Gasteiger partial charge in [0, 0.05) is 30.1 Å². The van der Waals surface area contributed by atoms with Gasteiger partial charge < -0.3 is 11.1 Å². The Hall–Kier alpha value is -2.89. The number of rotatable bonds is 1. The predicted octanol–water partition coefficient (Wildman–Crippen LogP) is 1.22. The van der Waals surface area contributed by atoms with Crippen LogP contribution in [0.5, 0.6) is 0 Å². The van der Waals surface area contributed by atoms with Crippen molar-refractivity contribution in [2.75, 3.05) is 5.73 Å². The van der Waals surface area contributed by atoms with Crippen LogP contribution in [0.15, 0.2) is 36.8 Å². The average Bonchev–Trinajstić information content (AvgIpc) is 3.06. The van der Waals surface area contributed by atoms with Crippen LogP contribution in [0.4, 0.5) is 5.69 Å². The normalized spacial score (nSPS) is 13.5. The molecule has 0 unspecified atom stereocenters. The SMILES string of the molecule is Nc1cnc(-c2ccnn3cccc23)c2c1C(=O)NC2. The van der Waals surface area contributed by atoms with Gasteiger partial charge in [-0.25, -0.2) is 4.52 Å². The van der Waals surface area contributed by atoms with E-state index in [1.807, 2.05) is 24.4 Å². The lowest BCUT2D eigenvalue weighted by Gasteiger charge is -2.09. The third-order valence-corrected chi connectivity index (χ3v) is 3.55. The number of hydrogen-bond acceptors (Lipinski definition) is 4. The van der Waals surface area contributed by atoms with E-state index in [4.69, 9.17) is 5.73 Å². The molecule has 0 radical (unpaired) electrons. The lowest BCUT2D eigenvalue weighted by atomic mass is 10.0. The highest BCUT2D eigenvalue weighted by molar-refractivity contribution is 6.05. The van der Waals surface area contributed by atoms with E-state index in [0.717, 1.165) is 22.3 Å². The highest BCUT2D eigenvalue weighted by atomic mass is 16.1. The number of nitrogens with one attached hydrogen (secondary N) is 1. The van der Waals surface area contributed by atoms with Gasteiger partial charge in [-0.15, -0.1) is 0 Å². The number of anilines is 1. The Morgan fingerprint density at radius 3 is 3.15 bits per heavy atom. The van der Waals surface area contributed by atoms with Gasteiger partial charge in [-0.1, -0.05) is 0 Å². The molecule has 3 N–H and O–H groups in total. The molecular formula is C14H11N5O. The monoisotopic (exact) mass is 265 g/mol. The summed E-state index contributed by atoms with van der Waals surface area (Å²) in [6, 6.07) is 5.79. The fourth-order valence-electron chi connectivity index (χ4n) is 2.65. The summed E-state index contributed by atoms with van der Waals surface area (Å²) in [5.74, 6) is -0.137. The molecule has 6 nitrogen and oxygen atoms in total. The molecule has 0 saturated heterocycles. The molecule has 0 aromatic carbocycles. The second-order valence-corrected chi connectivity index (χ2v) is 4.68. The van der Waals surface area contributed by atoms with Crippen LogP contribution >= 0.6 is 0 Å². The van der Waals surface area contributed by atoms with Gasteiger partial charge in [-0.05, 0) is 18.2 Å². The quantitative estimate of drug-likeness (QED) is 0.692. The number of nitrogens with zero attached hydrogens (tertiary/aromatic N) is 3. The molecule has 20 heavy (non-hydrogen) atoms. The second-order valence-electron chi connectivity index (χ2n) is 4.68. The fourth-order valence-corrected chi connectivity index (χ4v) is 2.65. The molecule has 1 aliphatic heterocycles. The molecule has 0 spiro atoms. The molecular weight excluding hydrogens is 254 g/mol. The summed E-state index contributed by atoms with van der Waals surface area (Å²) >= 11 is 0. The summed E-state index contributed by atoms with van der Waals surface area (Å²) in [7, 11) is 0. The summed E-state index contributed by atoms with van der Waals surface area (Å²) in [6.45, 7) is 0.455. The summed E-state index contributed by atoms with van der Waals surface area (Å²) in [5.41, 5.74) is 10.3. The number of nitrogen functional groups attached to an aromatic ring is 1. The van der Waals surface area contributed by atoms with Crippen LogP contribution in [0.2, 0.25) is 0 Å². The average molecular weight is 265 g/mol. The molecule has 0 atom stereocenters. The fraction of sp³-hybridized carbons (Fsp3) is 0.0714. The van der Waals surface area contributed by atoms with Crippen molar-refractivity contribution in [1.82, 2.24) is 19.9 Å². The van der Waals surface area contributed by atoms with Gasteiger partial charge in [-0.2, -0.15) is 5.10 Å². The molecule has 98 valence electrons. The van der Waals surface area contributed by atoms with Crippen LogP contribution in [-0.4, -0.2) is 20.5 Å². The first-order valence-corrected chi connectivity index (χ1v) is 6.24. The first-order valence-electron chi connectivity index (χ1n) is 6.24. The minimum absolute atomic E-state index is 0.137. The third kappa shape index (κ3) is 1.36. The van der Waals surface area contributed by atoms with Crippen molar-refractivity contribution in [2.24, 2.45) is 0 Å². The van der Waals surface area contributed by atoms with Crippen molar-refractivity contribution in [3.63, 3.8) is 0 Å². The molecule has 0 aliphatic carbocycles. The van der Waals surface area contributed by atoms with Gasteiger partial charge in [0.1, 0.15) is 0 Å². The number of carbonyl (C=O) groups is 1. The number of nitrogens with two attached hydrogens (primary N) is 1. The van der Waals surface area contributed by atoms with Crippen LogP contribution in [0.1, 0.15) is 15.9 Å². The van der Waals surface area contributed by atoms with E-state index in [9.17, 15) is 4.79 Å². The molecule has 6 heteroatoms. The van der Waals surface area contributed by atoms with Crippen molar-refractivity contribution < 1.29 is 4.79 Å². The summed E-state index contributed by atoms with van der Waals surface area (Å²) < 4.78 is 1.78. The maximum absolute atomic E-state index is 11.8. The van der Waals surface area contributed by atoms with Gasteiger partial charge in [-0.3, -0.25) is 9.78 Å². The van der Waals surface area contributed by atoms with Gasteiger partial charge in [0.05, 0.1) is 28.7 Å². The van der Waals surface area contributed by atoms with Crippen LogP contribution in [0.25, 0.3) is 16.8 Å². The molecule has 0 saturated carbocycles. The topological polar surface area (TPSA) is 85.3 Å². The second kappa shape index (κ2) is 3.80. The van der Waals surface area contributed by atoms with E-state index in [2.05, 4.69) is 15.4 Å². The van der Waals surface area contributed by atoms with Crippen LogP contribution < -0.4 is 11.1 Å². The number of amides is 1. The maximum atomic E-state index is 11.8. The molecule has 1 amide bonds. The Labute approximate surface area is 114 Å². The Morgan fingerprint density at radius 1 is 1.35 bits per heavy atom. The van der Waals surface area contributed by atoms with Gasteiger partial charge in [0.15, 0.2) is 0 Å². The summed E-state index contributed by atoms with van der Waals surface area (Å²) in [5, 5.41) is 7.03. The molecule has 1 aliphatic rings. The minimum Gasteiger partial charge on any atom is -0.397 e. The summed E-state index contributed by atoms with van der Waals surface area (Å²) in [6.07, 6.45) is 5.13. The minimum atomic E-state index is -0.137. The van der Waals surface area contributed by atoms with E-state index >= 15 is 0 Å². The van der Waals surface area contributed by atoms with E-state index < -0.39 is 0 Å². The van der Waals surface area contributed by atoms with Crippen LogP contribution in [0, 0.1) is 0 Å². The van der Waals surface area contributed by atoms with Crippen molar-refractivity contribution >= 4 is 17.1 Å². The standard InChI is InChI=1S/C14H11N5O/c15-10-7-16-13(9-6-17-14(20)12(9)10)8-3-4-18-19-5-1-2-11(8)19/h1-5,7H,6,15H2,(H,17,20). The molecule has 4 heterocycles. The highest BCUT2D eigenvalue weighted by Gasteiger charge is 2.26. The highest BCUT2D eigenvalue weighted by Crippen LogP contribution is 2.32. The molecule has 0 fully saturated rings. The Morgan fingerprint density at radius 2 is 2.25 bits per heavy atom. The zero-order valence-corrected chi connectivity index (χ0v) is 10.5. The Balaban J connectivity index is 2.05. The molecule has 3 aromatic heterocycles. The third-order valence-electron chi connectivity index (χ3n) is 3.55. The lowest BCUT2D eigenvalue weighted by Crippen LogP contribution is -2.13. The van der Waals surface area contributed by atoms with Crippen molar-refractivity contribution in [3.8, 4) is 11.3 Å². The molecule has 4 rings (SSSR count). The van der Waals surface area contributed by atoms with E-state index in [0.29, 0.717) is 17.8 Å². The first kappa shape index (κ1) is 11.0. The lowest BCUT2D eigenvalue weighted by molar-refractivity contribution is 0.0966. The van der Waals surface area contributed by atoms with Gasteiger partial charge in [0.2, 0.25) is 0 Å². The smallest absolute Gasteiger partial charge is 0.254 e. The van der Waals surface area contributed by atoms with Gasteiger partial charge in [0.25, 0.3) is 5.91 Å². The van der Waals surface area contributed by atoms with E-state index in [1.54, 1.807) is 16.9 Å². The maximum Gasteiger partial charge on any atom is 0.254 e. The van der Waals surface area contributed by atoms with E-state index in [-0.39, 0.29) is 5.91 Å².